The van der Waals surface area contributed by atoms with Crippen molar-refractivity contribution in [1.29, 1.82) is 0 Å². The summed E-state index contributed by atoms with van der Waals surface area (Å²) in [7, 11) is 0. The molecular formula is C15H25NO. The zero-order valence-corrected chi connectivity index (χ0v) is 11.5. The SMILES string of the molecule is CCNC(C)CC(C)c1ccccc1OCC. The van der Waals surface area contributed by atoms with Gasteiger partial charge < -0.3 is 10.1 Å². The number of nitrogens with one attached hydrogen (secondary N) is 1. The van der Waals surface area contributed by atoms with Gasteiger partial charge in [-0.1, -0.05) is 32.0 Å². The highest BCUT2D eigenvalue weighted by Crippen LogP contribution is 2.29. The molecule has 1 aromatic rings. The quantitative estimate of drug-likeness (QED) is 0.780. The predicted molar refractivity (Wildman–Crippen MR) is 73.8 cm³/mol. The monoisotopic (exact) mass is 235 g/mol. The van der Waals surface area contributed by atoms with E-state index in [-0.39, 0.29) is 0 Å². The van der Waals surface area contributed by atoms with E-state index in [9.17, 15) is 0 Å². The van der Waals surface area contributed by atoms with Crippen LogP contribution < -0.4 is 10.1 Å². The third-order valence-electron chi connectivity index (χ3n) is 3.01. The highest BCUT2D eigenvalue weighted by Gasteiger charge is 2.13. The van der Waals surface area contributed by atoms with E-state index in [0.717, 1.165) is 25.3 Å². The molecule has 0 saturated carbocycles. The summed E-state index contributed by atoms with van der Waals surface area (Å²) >= 11 is 0. The summed E-state index contributed by atoms with van der Waals surface area (Å²) in [5.41, 5.74) is 1.32. The Bertz CT molecular complexity index is 324. The van der Waals surface area contributed by atoms with Gasteiger partial charge >= 0.3 is 0 Å². The van der Waals surface area contributed by atoms with Crippen molar-refractivity contribution in [2.24, 2.45) is 0 Å². The lowest BCUT2D eigenvalue weighted by atomic mass is 9.93. The maximum absolute atomic E-state index is 5.68. The summed E-state index contributed by atoms with van der Waals surface area (Å²) in [6.45, 7) is 10.4. The molecule has 0 amide bonds. The maximum Gasteiger partial charge on any atom is 0.122 e. The standard InChI is InChI=1S/C15H25NO/c1-5-16-13(4)11-12(3)14-9-7-8-10-15(14)17-6-2/h7-10,12-13,16H,5-6,11H2,1-4H3. The van der Waals surface area contributed by atoms with Gasteiger partial charge in [-0.05, 0) is 44.4 Å². The van der Waals surface area contributed by atoms with Crippen molar-refractivity contribution >= 4 is 0 Å². The lowest BCUT2D eigenvalue weighted by Crippen LogP contribution is -2.27. The molecule has 0 heterocycles. The maximum atomic E-state index is 5.68. The Morgan fingerprint density at radius 3 is 2.53 bits per heavy atom. The second kappa shape index (κ2) is 7.33. The van der Waals surface area contributed by atoms with Gasteiger partial charge in [0, 0.05) is 6.04 Å². The molecule has 0 saturated heterocycles. The van der Waals surface area contributed by atoms with Crippen LogP contribution in [0.3, 0.4) is 0 Å². The van der Waals surface area contributed by atoms with E-state index in [0.29, 0.717) is 12.0 Å². The lowest BCUT2D eigenvalue weighted by Gasteiger charge is -2.20. The number of ether oxygens (including phenoxy) is 1. The van der Waals surface area contributed by atoms with Crippen LogP contribution in [-0.2, 0) is 0 Å². The molecule has 0 aliphatic carbocycles. The average Bonchev–Trinajstić information content (AvgIpc) is 2.30. The Balaban J connectivity index is 2.70. The molecule has 0 aliphatic rings. The second-order valence-corrected chi connectivity index (χ2v) is 4.57. The molecule has 2 heteroatoms. The zero-order chi connectivity index (χ0) is 12.7. The zero-order valence-electron chi connectivity index (χ0n) is 11.5. The number of rotatable bonds is 7. The van der Waals surface area contributed by atoms with Gasteiger partial charge in [-0.3, -0.25) is 0 Å². The molecule has 0 fully saturated rings. The Morgan fingerprint density at radius 1 is 1.18 bits per heavy atom. The van der Waals surface area contributed by atoms with Crippen molar-refractivity contribution in [1.82, 2.24) is 5.32 Å². The number of hydrogen-bond donors (Lipinski definition) is 1. The van der Waals surface area contributed by atoms with E-state index in [4.69, 9.17) is 4.74 Å². The molecular weight excluding hydrogens is 210 g/mol. The van der Waals surface area contributed by atoms with Gasteiger partial charge in [-0.25, -0.2) is 0 Å². The molecule has 0 radical (unpaired) electrons. The molecule has 0 aromatic heterocycles. The van der Waals surface area contributed by atoms with Gasteiger partial charge in [0.1, 0.15) is 5.75 Å². The smallest absolute Gasteiger partial charge is 0.122 e. The molecule has 1 N–H and O–H groups in total. The van der Waals surface area contributed by atoms with Gasteiger partial charge in [0.2, 0.25) is 0 Å². The van der Waals surface area contributed by atoms with E-state index in [2.05, 4.69) is 44.3 Å². The van der Waals surface area contributed by atoms with E-state index < -0.39 is 0 Å². The van der Waals surface area contributed by atoms with Gasteiger partial charge in [0.15, 0.2) is 0 Å². The van der Waals surface area contributed by atoms with Crippen LogP contribution in [0.25, 0.3) is 0 Å². The molecule has 17 heavy (non-hydrogen) atoms. The van der Waals surface area contributed by atoms with Crippen LogP contribution in [0.1, 0.15) is 45.6 Å². The molecule has 2 nitrogen and oxygen atoms in total. The summed E-state index contributed by atoms with van der Waals surface area (Å²) in [4.78, 5) is 0. The van der Waals surface area contributed by atoms with Gasteiger partial charge in [0.25, 0.3) is 0 Å². The molecule has 96 valence electrons. The fourth-order valence-electron chi connectivity index (χ4n) is 2.26. The highest BCUT2D eigenvalue weighted by atomic mass is 16.5. The van der Waals surface area contributed by atoms with E-state index >= 15 is 0 Å². The normalized spacial score (nSPS) is 14.4. The van der Waals surface area contributed by atoms with Crippen molar-refractivity contribution in [2.45, 2.75) is 46.1 Å². The molecule has 1 aromatic carbocycles. The largest absolute Gasteiger partial charge is 0.494 e. The summed E-state index contributed by atoms with van der Waals surface area (Å²) in [6.07, 6.45) is 1.14. The first-order valence-electron chi connectivity index (χ1n) is 6.64. The fourth-order valence-corrected chi connectivity index (χ4v) is 2.26. The summed E-state index contributed by atoms with van der Waals surface area (Å²) in [5.74, 6) is 1.55. The Labute approximate surface area is 105 Å². The van der Waals surface area contributed by atoms with Gasteiger partial charge in [-0.15, -0.1) is 0 Å². The summed E-state index contributed by atoms with van der Waals surface area (Å²) in [5, 5.41) is 3.46. The van der Waals surface area contributed by atoms with Crippen molar-refractivity contribution in [2.75, 3.05) is 13.2 Å². The Morgan fingerprint density at radius 2 is 1.88 bits per heavy atom. The molecule has 1 rings (SSSR count). The molecule has 0 bridgehead atoms. The van der Waals surface area contributed by atoms with Gasteiger partial charge in [-0.2, -0.15) is 0 Å². The van der Waals surface area contributed by atoms with E-state index in [1.54, 1.807) is 0 Å². The van der Waals surface area contributed by atoms with Crippen LogP contribution in [0.2, 0.25) is 0 Å². The Kier molecular flexibility index (Phi) is 6.06. The van der Waals surface area contributed by atoms with Crippen LogP contribution in [0.5, 0.6) is 5.75 Å². The average molecular weight is 235 g/mol. The summed E-state index contributed by atoms with van der Waals surface area (Å²) in [6, 6.07) is 8.91. The molecule has 0 spiro atoms. The third kappa shape index (κ3) is 4.39. The number of para-hydroxylation sites is 1. The molecule has 0 aliphatic heterocycles. The number of benzene rings is 1. The lowest BCUT2D eigenvalue weighted by molar-refractivity contribution is 0.332. The fraction of sp³-hybridized carbons (Fsp3) is 0.600. The first kappa shape index (κ1) is 14.0. The first-order valence-corrected chi connectivity index (χ1v) is 6.64. The van der Waals surface area contributed by atoms with Crippen LogP contribution in [-0.4, -0.2) is 19.2 Å². The van der Waals surface area contributed by atoms with Crippen molar-refractivity contribution in [3.05, 3.63) is 29.8 Å². The van der Waals surface area contributed by atoms with Crippen molar-refractivity contribution < 1.29 is 4.74 Å². The first-order chi connectivity index (χ1) is 8.19. The molecule has 2 atom stereocenters. The number of hydrogen-bond acceptors (Lipinski definition) is 2. The predicted octanol–water partition coefficient (Wildman–Crippen LogP) is 3.58. The minimum absolute atomic E-state index is 0.520. The van der Waals surface area contributed by atoms with Crippen LogP contribution >= 0.6 is 0 Å². The third-order valence-corrected chi connectivity index (χ3v) is 3.01. The van der Waals surface area contributed by atoms with Crippen molar-refractivity contribution in [3.8, 4) is 5.75 Å². The second-order valence-electron chi connectivity index (χ2n) is 4.57. The van der Waals surface area contributed by atoms with Crippen LogP contribution in [0, 0.1) is 0 Å². The van der Waals surface area contributed by atoms with Crippen LogP contribution in [0.4, 0.5) is 0 Å². The van der Waals surface area contributed by atoms with Crippen LogP contribution in [0.15, 0.2) is 24.3 Å². The van der Waals surface area contributed by atoms with Crippen molar-refractivity contribution in [3.63, 3.8) is 0 Å². The highest BCUT2D eigenvalue weighted by molar-refractivity contribution is 5.36. The molecule has 2 unspecified atom stereocenters. The minimum atomic E-state index is 0.520. The minimum Gasteiger partial charge on any atom is -0.494 e. The summed E-state index contributed by atoms with van der Waals surface area (Å²) < 4.78 is 5.68. The van der Waals surface area contributed by atoms with E-state index in [1.165, 1.54) is 5.56 Å². The van der Waals surface area contributed by atoms with Gasteiger partial charge in [0.05, 0.1) is 6.61 Å². The van der Waals surface area contributed by atoms with E-state index in [1.807, 2.05) is 13.0 Å². The Hall–Kier alpha value is -1.02. The topological polar surface area (TPSA) is 21.3 Å².